The van der Waals surface area contributed by atoms with Gasteiger partial charge in [0, 0.05) is 30.9 Å². The van der Waals surface area contributed by atoms with Gasteiger partial charge < -0.3 is 5.32 Å². The number of nitrogens with one attached hydrogen (secondary N) is 2. The van der Waals surface area contributed by atoms with E-state index in [-0.39, 0.29) is 0 Å². The first-order valence-corrected chi connectivity index (χ1v) is 10.4. The third kappa shape index (κ3) is 4.99. The number of alkyl halides is 3. The number of tetrazole rings is 1. The lowest BCUT2D eigenvalue weighted by atomic mass is 10.1. The van der Waals surface area contributed by atoms with Gasteiger partial charge in [0.05, 0.1) is 22.3 Å². The van der Waals surface area contributed by atoms with E-state index < -0.39 is 17.8 Å². The number of thiazole rings is 1. The Kier molecular flexibility index (Phi) is 5.99. The Balaban J connectivity index is 1.41. The number of benzene rings is 1. The Morgan fingerprint density at radius 3 is 2.78 bits per heavy atom. The fourth-order valence-corrected chi connectivity index (χ4v) is 3.75. The van der Waals surface area contributed by atoms with Crippen LogP contribution in [0.5, 0.6) is 0 Å². The highest BCUT2D eigenvalue weighted by Crippen LogP contribution is 2.34. The van der Waals surface area contributed by atoms with Crippen molar-refractivity contribution in [2.24, 2.45) is 0 Å². The summed E-state index contributed by atoms with van der Waals surface area (Å²) >= 11 is 1.22. The van der Waals surface area contributed by atoms with E-state index in [4.69, 9.17) is 0 Å². The summed E-state index contributed by atoms with van der Waals surface area (Å²) in [6.07, 6.45) is -1.87. The molecule has 0 radical (unpaired) electrons. The molecular formula is C19H17F3N8OS. The van der Waals surface area contributed by atoms with Gasteiger partial charge in [-0.05, 0) is 35.9 Å². The third-order valence-electron chi connectivity index (χ3n) is 4.42. The van der Waals surface area contributed by atoms with Crippen LogP contribution >= 0.6 is 11.3 Å². The monoisotopic (exact) mass is 462 g/mol. The first-order chi connectivity index (χ1) is 15.3. The summed E-state index contributed by atoms with van der Waals surface area (Å²) in [5, 5.41) is 17.6. The average molecular weight is 462 g/mol. The number of aryl methyl sites for hydroxylation is 1. The van der Waals surface area contributed by atoms with Crippen LogP contribution in [0.1, 0.15) is 18.3 Å². The number of carbonyl (C=O) groups excluding carboxylic acids is 1. The van der Waals surface area contributed by atoms with Crippen LogP contribution in [-0.2, 0) is 19.1 Å². The smallest absolute Gasteiger partial charge is 0.337 e. The second-order valence-electron chi connectivity index (χ2n) is 6.69. The van der Waals surface area contributed by atoms with Crippen LogP contribution in [0.25, 0.3) is 21.3 Å². The van der Waals surface area contributed by atoms with E-state index in [0.717, 1.165) is 17.0 Å². The Hall–Kier alpha value is -3.61. The molecule has 0 saturated carbocycles. The van der Waals surface area contributed by atoms with Crippen molar-refractivity contribution in [2.75, 3.05) is 11.9 Å². The number of hydrogen-bond donors (Lipinski definition) is 2. The van der Waals surface area contributed by atoms with Crippen molar-refractivity contribution in [2.45, 2.75) is 26.1 Å². The highest BCUT2D eigenvalue weighted by Gasteiger charge is 2.31. The second kappa shape index (κ2) is 8.86. The largest absolute Gasteiger partial charge is 0.417 e. The second-order valence-corrected chi connectivity index (χ2v) is 7.72. The molecule has 13 heteroatoms. The van der Waals surface area contributed by atoms with Gasteiger partial charge in [0.15, 0.2) is 11.0 Å². The number of pyridine rings is 1. The van der Waals surface area contributed by atoms with Crippen LogP contribution in [-0.4, -0.2) is 42.8 Å². The van der Waals surface area contributed by atoms with Gasteiger partial charge in [-0.3, -0.25) is 10.3 Å². The number of anilines is 1. The normalized spacial score (nSPS) is 11.6. The lowest BCUT2D eigenvalue weighted by molar-refractivity contribution is -0.137. The molecule has 3 heterocycles. The molecule has 9 nitrogen and oxygen atoms in total. The molecule has 166 valence electrons. The van der Waals surface area contributed by atoms with Crippen molar-refractivity contribution in [3.05, 3.63) is 48.0 Å². The van der Waals surface area contributed by atoms with E-state index >= 15 is 0 Å². The van der Waals surface area contributed by atoms with Gasteiger partial charge in [0.1, 0.15) is 0 Å². The van der Waals surface area contributed by atoms with Crippen molar-refractivity contribution in [1.29, 1.82) is 0 Å². The number of fused-ring (bicyclic) bond motifs is 1. The molecule has 4 aromatic rings. The van der Waals surface area contributed by atoms with Crippen molar-refractivity contribution >= 4 is 32.7 Å². The predicted octanol–water partition coefficient (Wildman–Crippen LogP) is 3.75. The van der Waals surface area contributed by atoms with Gasteiger partial charge in [0.25, 0.3) is 0 Å². The number of amides is 2. The van der Waals surface area contributed by atoms with Crippen molar-refractivity contribution < 1.29 is 18.0 Å². The molecule has 3 aromatic heterocycles. The highest BCUT2D eigenvalue weighted by molar-refractivity contribution is 7.22. The lowest BCUT2D eigenvalue weighted by Gasteiger charge is -2.08. The van der Waals surface area contributed by atoms with E-state index in [1.807, 2.05) is 6.92 Å². The molecule has 2 N–H and O–H groups in total. The minimum atomic E-state index is -4.47. The summed E-state index contributed by atoms with van der Waals surface area (Å²) in [4.78, 5) is 21.6. The third-order valence-corrected chi connectivity index (χ3v) is 5.35. The van der Waals surface area contributed by atoms with Gasteiger partial charge in [0.2, 0.25) is 0 Å². The molecule has 0 aliphatic heterocycles. The zero-order valence-corrected chi connectivity index (χ0v) is 17.5. The molecule has 0 bridgehead atoms. The summed E-state index contributed by atoms with van der Waals surface area (Å²) in [5.41, 5.74) is 0.722. The molecule has 0 unspecified atom stereocenters. The highest BCUT2D eigenvalue weighted by atomic mass is 32.1. The first kappa shape index (κ1) is 21.6. The molecule has 0 fully saturated rings. The quantitative estimate of drug-likeness (QED) is 0.452. The van der Waals surface area contributed by atoms with Crippen LogP contribution in [0.2, 0.25) is 0 Å². The summed E-state index contributed by atoms with van der Waals surface area (Å²) < 4.78 is 39.6. The number of carbonyl (C=O) groups is 1. The Morgan fingerprint density at radius 1 is 1.19 bits per heavy atom. The SMILES string of the molecule is CCn1nnc(CCNC(=O)Nc2nc3ccc(-c4cncc(C(F)(F)F)c4)cc3s2)n1. The lowest BCUT2D eigenvalue weighted by Crippen LogP contribution is -2.30. The molecule has 2 amide bonds. The summed E-state index contributed by atoms with van der Waals surface area (Å²) in [6.45, 7) is 2.83. The minimum Gasteiger partial charge on any atom is -0.337 e. The summed E-state index contributed by atoms with van der Waals surface area (Å²) in [7, 11) is 0. The van der Waals surface area contributed by atoms with Gasteiger partial charge in [-0.1, -0.05) is 17.4 Å². The van der Waals surface area contributed by atoms with Crippen LogP contribution in [0.3, 0.4) is 0 Å². The number of aromatic nitrogens is 6. The van der Waals surface area contributed by atoms with Gasteiger partial charge in [-0.2, -0.15) is 18.0 Å². The average Bonchev–Trinajstić information content (AvgIpc) is 3.38. The van der Waals surface area contributed by atoms with Gasteiger partial charge >= 0.3 is 12.2 Å². The topological polar surface area (TPSA) is 111 Å². The maximum Gasteiger partial charge on any atom is 0.417 e. The fourth-order valence-electron chi connectivity index (χ4n) is 2.85. The molecular weight excluding hydrogens is 445 g/mol. The Labute approximate surface area is 183 Å². The minimum absolute atomic E-state index is 0.318. The summed E-state index contributed by atoms with van der Waals surface area (Å²) in [5.74, 6) is 0.531. The van der Waals surface area contributed by atoms with Crippen LogP contribution in [0, 0.1) is 0 Å². The molecule has 0 atom stereocenters. The Morgan fingerprint density at radius 2 is 2.03 bits per heavy atom. The molecule has 1 aromatic carbocycles. The van der Waals surface area contributed by atoms with Crippen molar-refractivity contribution in [3.8, 4) is 11.1 Å². The fraction of sp³-hybridized carbons (Fsp3) is 0.263. The van der Waals surface area contributed by atoms with Crippen molar-refractivity contribution in [3.63, 3.8) is 0 Å². The molecule has 0 aliphatic rings. The van der Waals surface area contributed by atoms with E-state index in [9.17, 15) is 18.0 Å². The molecule has 0 saturated heterocycles. The number of halogens is 3. The molecule has 0 aliphatic carbocycles. The molecule has 0 spiro atoms. The first-order valence-electron chi connectivity index (χ1n) is 9.56. The van der Waals surface area contributed by atoms with E-state index in [1.165, 1.54) is 22.3 Å². The predicted molar refractivity (Wildman–Crippen MR) is 112 cm³/mol. The zero-order chi connectivity index (χ0) is 22.7. The van der Waals surface area contributed by atoms with Gasteiger partial charge in [-0.15, -0.1) is 10.2 Å². The standard InChI is InChI=1S/C19H17F3N8OS/c1-2-30-28-16(27-29-30)5-6-24-17(31)26-18-25-14-4-3-11(8-15(14)32-18)12-7-13(10-23-9-12)19(20,21)22/h3-4,7-10H,2,5-6H2,1H3,(H2,24,25,26,31). The Bertz CT molecular complexity index is 1250. The summed E-state index contributed by atoms with van der Waals surface area (Å²) in [6, 6.07) is 5.69. The van der Waals surface area contributed by atoms with E-state index in [2.05, 4.69) is 36.0 Å². The van der Waals surface area contributed by atoms with Crippen LogP contribution in [0.4, 0.5) is 23.1 Å². The maximum atomic E-state index is 13.0. The van der Waals surface area contributed by atoms with Crippen LogP contribution in [0.15, 0.2) is 36.7 Å². The number of hydrogen-bond acceptors (Lipinski definition) is 7. The van der Waals surface area contributed by atoms with Crippen molar-refractivity contribution in [1.82, 2.24) is 35.5 Å². The molecule has 4 rings (SSSR count). The number of rotatable bonds is 6. The van der Waals surface area contributed by atoms with E-state index in [1.54, 1.807) is 18.2 Å². The maximum absolute atomic E-state index is 13.0. The number of nitrogens with zero attached hydrogens (tertiary/aromatic N) is 6. The zero-order valence-electron chi connectivity index (χ0n) is 16.7. The van der Waals surface area contributed by atoms with Crippen LogP contribution < -0.4 is 10.6 Å². The van der Waals surface area contributed by atoms with Gasteiger partial charge in [-0.25, -0.2) is 9.78 Å². The van der Waals surface area contributed by atoms with E-state index in [0.29, 0.717) is 47.1 Å². The number of urea groups is 1. The molecule has 32 heavy (non-hydrogen) atoms.